The Morgan fingerprint density at radius 2 is 2.20 bits per heavy atom. The smallest absolute Gasteiger partial charge is 0.0439 e. The number of aliphatic hydroxyl groups is 1. The minimum atomic E-state index is 0.290. The van der Waals surface area contributed by atoms with E-state index in [2.05, 4.69) is 26.0 Å². The Morgan fingerprint density at radius 1 is 1.40 bits per heavy atom. The van der Waals surface area contributed by atoms with E-state index in [0.717, 1.165) is 12.3 Å². The molecule has 1 saturated carbocycles. The Labute approximate surface area is 93.6 Å². The number of rotatable bonds is 2. The molecule has 0 unspecified atom stereocenters. The molecule has 15 heavy (non-hydrogen) atoms. The van der Waals surface area contributed by atoms with Crippen LogP contribution in [0.15, 0.2) is 12.2 Å². The van der Waals surface area contributed by atoms with Crippen LogP contribution in [0.1, 0.15) is 52.4 Å². The van der Waals surface area contributed by atoms with Gasteiger partial charge in [-0.15, -0.1) is 0 Å². The van der Waals surface area contributed by atoms with Gasteiger partial charge in [0.1, 0.15) is 0 Å². The van der Waals surface area contributed by atoms with Gasteiger partial charge in [0.25, 0.3) is 0 Å². The first kappa shape index (κ1) is 11.2. The fourth-order valence-corrected chi connectivity index (χ4v) is 4.12. The molecule has 0 aliphatic heterocycles. The molecule has 0 aromatic heterocycles. The highest BCUT2D eigenvalue weighted by Crippen LogP contribution is 2.60. The van der Waals surface area contributed by atoms with Gasteiger partial charge in [-0.05, 0) is 48.9 Å². The van der Waals surface area contributed by atoms with Gasteiger partial charge in [0.15, 0.2) is 0 Å². The third-order valence-electron chi connectivity index (χ3n) is 5.17. The van der Waals surface area contributed by atoms with E-state index in [4.69, 9.17) is 0 Å². The second-order valence-corrected chi connectivity index (χ2v) is 5.81. The highest BCUT2D eigenvalue weighted by atomic mass is 16.3. The van der Waals surface area contributed by atoms with Gasteiger partial charge >= 0.3 is 0 Å². The molecule has 0 aromatic carbocycles. The number of fused-ring (bicyclic) bond motifs is 1. The standard InChI is InChI=1S/C14H24O/c1-12-6-5-8-13(2)7-3-4-9-14(12,13)10-11-15/h4,9,12,15H,3,5-8,10-11H2,1-2H3/t12-,13+,14-/m0/s1. The lowest BCUT2D eigenvalue weighted by atomic mass is 9.48. The first-order chi connectivity index (χ1) is 7.15. The van der Waals surface area contributed by atoms with E-state index in [1.165, 1.54) is 32.1 Å². The van der Waals surface area contributed by atoms with Gasteiger partial charge in [0.05, 0.1) is 0 Å². The molecule has 2 aliphatic rings. The maximum atomic E-state index is 9.35. The van der Waals surface area contributed by atoms with Crippen LogP contribution in [0.25, 0.3) is 0 Å². The third kappa shape index (κ3) is 1.56. The highest BCUT2D eigenvalue weighted by Gasteiger charge is 2.51. The molecule has 86 valence electrons. The number of hydrogen-bond donors (Lipinski definition) is 1. The summed E-state index contributed by atoms with van der Waals surface area (Å²) in [5, 5.41) is 9.35. The molecule has 1 heteroatoms. The summed E-state index contributed by atoms with van der Waals surface area (Å²) in [6, 6.07) is 0. The van der Waals surface area contributed by atoms with Gasteiger partial charge in [0.2, 0.25) is 0 Å². The van der Waals surface area contributed by atoms with Crippen LogP contribution in [0.4, 0.5) is 0 Å². The summed E-state index contributed by atoms with van der Waals surface area (Å²) in [6.07, 6.45) is 12.3. The Balaban J connectivity index is 2.37. The van der Waals surface area contributed by atoms with Crippen LogP contribution in [0.2, 0.25) is 0 Å². The Morgan fingerprint density at radius 3 is 2.93 bits per heavy atom. The van der Waals surface area contributed by atoms with Gasteiger partial charge in [-0.1, -0.05) is 32.4 Å². The molecule has 0 radical (unpaired) electrons. The van der Waals surface area contributed by atoms with Crippen molar-refractivity contribution in [2.24, 2.45) is 16.7 Å². The summed E-state index contributed by atoms with van der Waals surface area (Å²) >= 11 is 0. The number of allylic oxidation sites excluding steroid dienone is 2. The van der Waals surface area contributed by atoms with E-state index in [-0.39, 0.29) is 5.41 Å². The fraction of sp³-hybridized carbons (Fsp3) is 0.857. The second kappa shape index (κ2) is 3.93. The van der Waals surface area contributed by atoms with Crippen molar-refractivity contribution in [1.29, 1.82) is 0 Å². The van der Waals surface area contributed by atoms with Crippen molar-refractivity contribution in [1.82, 2.24) is 0 Å². The van der Waals surface area contributed by atoms with Crippen molar-refractivity contribution >= 4 is 0 Å². The minimum absolute atomic E-state index is 0.290. The van der Waals surface area contributed by atoms with E-state index >= 15 is 0 Å². The van der Waals surface area contributed by atoms with Gasteiger partial charge in [0, 0.05) is 6.61 Å². The summed E-state index contributed by atoms with van der Waals surface area (Å²) in [5.74, 6) is 0.736. The van der Waals surface area contributed by atoms with Crippen molar-refractivity contribution in [3.63, 3.8) is 0 Å². The predicted molar refractivity (Wildman–Crippen MR) is 63.6 cm³/mol. The molecule has 0 aromatic rings. The zero-order valence-electron chi connectivity index (χ0n) is 10.1. The van der Waals surface area contributed by atoms with Crippen molar-refractivity contribution in [2.75, 3.05) is 6.61 Å². The van der Waals surface area contributed by atoms with Gasteiger partial charge < -0.3 is 5.11 Å². The van der Waals surface area contributed by atoms with E-state index in [1.54, 1.807) is 0 Å². The topological polar surface area (TPSA) is 20.2 Å². The lowest BCUT2D eigenvalue weighted by Crippen LogP contribution is -2.48. The summed E-state index contributed by atoms with van der Waals surface area (Å²) in [5.41, 5.74) is 0.737. The molecule has 1 N–H and O–H groups in total. The van der Waals surface area contributed by atoms with Gasteiger partial charge in [-0.25, -0.2) is 0 Å². The molecule has 0 saturated heterocycles. The van der Waals surface area contributed by atoms with Crippen LogP contribution >= 0.6 is 0 Å². The SMILES string of the molecule is C[C@H]1CCC[C@@]2(C)CCC=C[C@]12CCO. The van der Waals surface area contributed by atoms with Crippen LogP contribution in [-0.2, 0) is 0 Å². The maximum absolute atomic E-state index is 9.35. The van der Waals surface area contributed by atoms with Gasteiger partial charge in [-0.2, -0.15) is 0 Å². The quantitative estimate of drug-likeness (QED) is 0.688. The molecule has 2 aliphatic carbocycles. The molecule has 0 spiro atoms. The number of hydrogen-bond acceptors (Lipinski definition) is 1. The Hall–Kier alpha value is -0.300. The lowest BCUT2D eigenvalue weighted by Gasteiger charge is -2.56. The maximum Gasteiger partial charge on any atom is 0.0439 e. The monoisotopic (exact) mass is 208 g/mol. The molecule has 0 bridgehead atoms. The Bertz CT molecular complexity index is 258. The molecule has 0 heterocycles. The van der Waals surface area contributed by atoms with Crippen molar-refractivity contribution < 1.29 is 5.11 Å². The lowest BCUT2D eigenvalue weighted by molar-refractivity contribution is -0.0349. The largest absolute Gasteiger partial charge is 0.396 e. The second-order valence-electron chi connectivity index (χ2n) is 5.81. The molecule has 1 fully saturated rings. The van der Waals surface area contributed by atoms with E-state index in [0.29, 0.717) is 12.0 Å². The Kier molecular flexibility index (Phi) is 2.94. The highest BCUT2D eigenvalue weighted by molar-refractivity contribution is 5.15. The zero-order valence-corrected chi connectivity index (χ0v) is 10.1. The van der Waals surface area contributed by atoms with Crippen LogP contribution in [0.3, 0.4) is 0 Å². The van der Waals surface area contributed by atoms with Crippen LogP contribution in [0, 0.1) is 16.7 Å². The summed E-state index contributed by atoms with van der Waals surface area (Å²) in [4.78, 5) is 0. The van der Waals surface area contributed by atoms with Crippen LogP contribution in [-0.4, -0.2) is 11.7 Å². The number of aliphatic hydroxyl groups excluding tert-OH is 1. The normalized spacial score (nSPS) is 45.1. The van der Waals surface area contributed by atoms with E-state index < -0.39 is 0 Å². The average Bonchev–Trinajstić information content (AvgIpc) is 2.21. The van der Waals surface area contributed by atoms with Crippen LogP contribution < -0.4 is 0 Å². The fourth-order valence-electron chi connectivity index (χ4n) is 4.12. The summed E-state index contributed by atoms with van der Waals surface area (Å²) in [7, 11) is 0. The van der Waals surface area contributed by atoms with E-state index in [9.17, 15) is 5.11 Å². The van der Waals surface area contributed by atoms with Crippen molar-refractivity contribution in [2.45, 2.75) is 52.4 Å². The summed E-state index contributed by atoms with van der Waals surface area (Å²) < 4.78 is 0. The average molecular weight is 208 g/mol. The molecular weight excluding hydrogens is 184 g/mol. The first-order valence-corrected chi connectivity index (χ1v) is 6.43. The minimum Gasteiger partial charge on any atom is -0.396 e. The molecule has 1 nitrogen and oxygen atoms in total. The molecule has 3 atom stereocenters. The molecule has 2 rings (SSSR count). The first-order valence-electron chi connectivity index (χ1n) is 6.43. The zero-order chi connectivity index (χ0) is 10.9. The third-order valence-corrected chi connectivity index (χ3v) is 5.17. The molecule has 0 amide bonds. The van der Waals surface area contributed by atoms with Crippen molar-refractivity contribution in [3.05, 3.63) is 12.2 Å². The van der Waals surface area contributed by atoms with E-state index in [1.807, 2.05) is 0 Å². The van der Waals surface area contributed by atoms with Gasteiger partial charge in [-0.3, -0.25) is 0 Å². The molecular formula is C14H24O. The van der Waals surface area contributed by atoms with Crippen molar-refractivity contribution in [3.8, 4) is 0 Å². The predicted octanol–water partition coefficient (Wildman–Crippen LogP) is 3.53. The van der Waals surface area contributed by atoms with Crippen LogP contribution in [0.5, 0.6) is 0 Å². The summed E-state index contributed by atoms with van der Waals surface area (Å²) in [6.45, 7) is 5.16.